The van der Waals surface area contributed by atoms with Crippen LogP contribution in [-0.2, 0) is 13.6 Å². The Morgan fingerprint density at radius 2 is 1.81 bits per heavy atom. The van der Waals surface area contributed by atoms with E-state index in [2.05, 4.69) is 10.00 Å². The monoisotopic (exact) mass is 358 g/mol. The Hall–Kier alpha value is -2.87. The van der Waals surface area contributed by atoms with E-state index in [0.717, 1.165) is 25.4 Å². The SMILES string of the molecule is COc1ccc(CN2CCN(C(=O)c3c(C(=O)O)cnn3C)CC2)cc1. The average Bonchev–Trinajstić information content (AvgIpc) is 3.04. The van der Waals surface area contributed by atoms with E-state index in [-0.39, 0.29) is 17.2 Å². The standard InChI is InChI=1S/C18H22N4O4/c1-20-16(15(11-19-20)18(24)25)17(23)22-9-7-21(8-10-22)12-13-3-5-14(26-2)6-4-13/h3-6,11H,7-10,12H2,1-2H3,(H,24,25). The molecule has 1 aliphatic rings. The minimum Gasteiger partial charge on any atom is -0.497 e. The van der Waals surface area contributed by atoms with Crippen LogP contribution in [0.4, 0.5) is 0 Å². The number of carboxylic acid groups (broad SMARTS) is 1. The maximum Gasteiger partial charge on any atom is 0.339 e. The summed E-state index contributed by atoms with van der Waals surface area (Å²) in [5.74, 6) is -0.597. The summed E-state index contributed by atoms with van der Waals surface area (Å²) in [6, 6.07) is 7.94. The first-order valence-electron chi connectivity index (χ1n) is 8.39. The number of hydrogen-bond donors (Lipinski definition) is 1. The van der Waals surface area contributed by atoms with Gasteiger partial charge in [0.25, 0.3) is 5.91 Å². The summed E-state index contributed by atoms with van der Waals surface area (Å²) in [5, 5.41) is 13.1. The van der Waals surface area contributed by atoms with E-state index in [1.807, 2.05) is 24.3 Å². The number of hydrogen-bond acceptors (Lipinski definition) is 5. The number of rotatable bonds is 5. The fourth-order valence-corrected chi connectivity index (χ4v) is 3.10. The number of amides is 1. The van der Waals surface area contributed by atoms with E-state index in [0.29, 0.717) is 13.1 Å². The van der Waals surface area contributed by atoms with E-state index in [1.165, 1.54) is 16.4 Å². The Bertz CT molecular complexity index is 792. The molecule has 1 fully saturated rings. The lowest BCUT2D eigenvalue weighted by Crippen LogP contribution is -2.48. The summed E-state index contributed by atoms with van der Waals surface area (Å²) >= 11 is 0. The molecule has 3 rings (SSSR count). The van der Waals surface area contributed by atoms with Crippen LogP contribution in [0.2, 0.25) is 0 Å². The number of carbonyl (C=O) groups excluding carboxylic acids is 1. The van der Waals surface area contributed by atoms with Gasteiger partial charge in [0, 0.05) is 39.8 Å². The van der Waals surface area contributed by atoms with Crippen LogP contribution in [0.15, 0.2) is 30.5 Å². The van der Waals surface area contributed by atoms with Crippen LogP contribution in [0.5, 0.6) is 5.75 Å². The molecule has 1 N–H and O–H groups in total. The Labute approximate surface area is 151 Å². The van der Waals surface area contributed by atoms with Gasteiger partial charge in [0.2, 0.25) is 0 Å². The Balaban J connectivity index is 1.60. The predicted octanol–water partition coefficient (Wildman–Crippen LogP) is 1.08. The third-order valence-electron chi connectivity index (χ3n) is 4.60. The highest BCUT2D eigenvalue weighted by molar-refractivity contribution is 6.03. The molecule has 0 unspecified atom stereocenters. The van der Waals surface area contributed by atoms with Crippen molar-refractivity contribution in [2.75, 3.05) is 33.3 Å². The van der Waals surface area contributed by atoms with Gasteiger partial charge >= 0.3 is 5.97 Å². The first kappa shape index (κ1) is 17.9. The van der Waals surface area contributed by atoms with Gasteiger partial charge in [-0.05, 0) is 17.7 Å². The highest BCUT2D eigenvalue weighted by atomic mass is 16.5. The van der Waals surface area contributed by atoms with Gasteiger partial charge in [0.05, 0.1) is 13.3 Å². The molecule has 0 spiro atoms. The van der Waals surface area contributed by atoms with Gasteiger partial charge in [-0.1, -0.05) is 12.1 Å². The molecular formula is C18H22N4O4. The molecule has 2 aromatic rings. The lowest BCUT2D eigenvalue weighted by Gasteiger charge is -2.34. The number of aryl methyl sites for hydroxylation is 1. The zero-order chi connectivity index (χ0) is 18.7. The molecular weight excluding hydrogens is 336 g/mol. The van der Waals surface area contributed by atoms with Crippen molar-refractivity contribution in [1.29, 1.82) is 0 Å². The van der Waals surface area contributed by atoms with Gasteiger partial charge in [-0.25, -0.2) is 4.79 Å². The van der Waals surface area contributed by atoms with Crippen LogP contribution in [0.25, 0.3) is 0 Å². The van der Waals surface area contributed by atoms with Crippen molar-refractivity contribution in [1.82, 2.24) is 19.6 Å². The number of aromatic carboxylic acids is 1. The fraction of sp³-hybridized carbons (Fsp3) is 0.389. The second-order valence-corrected chi connectivity index (χ2v) is 6.25. The summed E-state index contributed by atoms with van der Waals surface area (Å²) < 4.78 is 6.49. The third-order valence-corrected chi connectivity index (χ3v) is 4.60. The molecule has 1 aromatic carbocycles. The van der Waals surface area contributed by atoms with Crippen molar-refractivity contribution in [3.05, 3.63) is 47.3 Å². The van der Waals surface area contributed by atoms with Gasteiger partial charge in [-0.15, -0.1) is 0 Å². The number of aromatic nitrogens is 2. The molecule has 0 radical (unpaired) electrons. The van der Waals surface area contributed by atoms with E-state index < -0.39 is 5.97 Å². The van der Waals surface area contributed by atoms with Crippen LogP contribution in [0.3, 0.4) is 0 Å². The number of carboxylic acids is 1. The van der Waals surface area contributed by atoms with Crippen LogP contribution in [0, 0.1) is 0 Å². The molecule has 8 heteroatoms. The smallest absolute Gasteiger partial charge is 0.339 e. The topological polar surface area (TPSA) is 87.9 Å². The number of carbonyl (C=O) groups is 2. The van der Waals surface area contributed by atoms with Crippen molar-refractivity contribution in [3.63, 3.8) is 0 Å². The Morgan fingerprint density at radius 1 is 1.15 bits per heavy atom. The number of ether oxygens (including phenoxy) is 1. The lowest BCUT2D eigenvalue weighted by molar-refractivity contribution is 0.0599. The maximum atomic E-state index is 12.7. The fourth-order valence-electron chi connectivity index (χ4n) is 3.10. The van der Waals surface area contributed by atoms with E-state index in [1.54, 1.807) is 19.1 Å². The van der Waals surface area contributed by atoms with Crippen molar-refractivity contribution in [2.45, 2.75) is 6.54 Å². The van der Waals surface area contributed by atoms with Gasteiger partial charge in [-0.3, -0.25) is 14.4 Å². The molecule has 1 amide bonds. The average molecular weight is 358 g/mol. The van der Waals surface area contributed by atoms with Crippen LogP contribution >= 0.6 is 0 Å². The molecule has 26 heavy (non-hydrogen) atoms. The molecule has 0 saturated carbocycles. The van der Waals surface area contributed by atoms with Crippen molar-refractivity contribution in [2.24, 2.45) is 7.05 Å². The second kappa shape index (κ2) is 7.57. The predicted molar refractivity (Wildman–Crippen MR) is 94.3 cm³/mol. The zero-order valence-corrected chi connectivity index (χ0v) is 14.9. The number of nitrogens with zero attached hydrogens (tertiary/aromatic N) is 4. The van der Waals surface area contributed by atoms with Crippen molar-refractivity contribution in [3.8, 4) is 5.75 Å². The van der Waals surface area contributed by atoms with Gasteiger partial charge in [0.1, 0.15) is 17.0 Å². The summed E-state index contributed by atoms with van der Waals surface area (Å²) in [6.07, 6.45) is 1.22. The molecule has 138 valence electrons. The number of methoxy groups -OCH3 is 1. The normalized spacial score (nSPS) is 15.1. The number of benzene rings is 1. The van der Waals surface area contributed by atoms with Crippen LogP contribution in [-0.4, -0.2) is 69.9 Å². The minimum absolute atomic E-state index is 0.0573. The van der Waals surface area contributed by atoms with Crippen LogP contribution < -0.4 is 4.74 Å². The molecule has 8 nitrogen and oxygen atoms in total. The molecule has 2 heterocycles. The van der Waals surface area contributed by atoms with Crippen molar-refractivity contribution < 1.29 is 19.4 Å². The van der Waals surface area contributed by atoms with Gasteiger partial charge < -0.3 is 14.7 Å². The van der Waals surface area contributed by atoms with E-state index in [9.17, 15) is 14.7 Å². The minimum atomic E-state index is -1.14. The second-order valence-electron chi connectivity index (χ2n) is 6.25. The Morgan fingerprint density at radius 3 is 2.38 bits per heavy atom. The molecule has 1 aliphatic heterocycles. The summed E-state index contributed by atoms with van der Waals surface area (Å²) in [7, 11) is 3.23. The first-order chi connectivity index (χ1) is 12.5. The molecule has 1 aromatic heterocycles. The summed E-state index contributed by atoms with van der Waals surface area (Å²) in [5.41, 5.74) is 1.25. The highest BCUT2D eigenvalue weighted by Gasteiger charge is 2.28. The highest BCUT2D eigenvalue weighted by Crippen LogP contribution is 2.16. The quantitative estimate of drug-likeness (QED) is 0.861. The summed E-state index contributed by atoms with van der Waals surface area (Å²) in [4.78, 5) is 28.0. The maximum absolute atomic E-state index is 12.7. The Kier molecular flexibility index (Phi) is 5.22. The molecule has 0 atom stereocenters. The lowest BCUT2D eigenvalue weighted by atomic mass is 10.1. The van der Waals surface area contributed by atoms with Crippen LogP contribution in [0.1, 0.15) is 26.4 Å². The molecule has 0 bridgehead atoms. The van der Waals surface area contributed by atoms with Gasteiger partial charge in [0.15, 0.2) is 0 Å². The molecule has 0 aliphatic carbocycles. The third kappa shape index (κ3) is 3.70. The zero-order valence-electron chi connectivity index (χ0n) is 14.9. The van der Waals surface area contributed by atoms with E-state index in [4.69, 9.17) is 4.74 Å². The molecule has 1 saturated heterocycles. The van der Waals surface area contributed by atoms with Crippen molar-refractivity contribution >= 4 is 11.9 Å². The van der Waals surface area contributed by atoms with E-state index >= 15 is 0 Å². The first-order valence-corrected chi connectivity index (χ1v) is 8.39. The largest absolute Gasteiger partial charge is 0.497 e. The van der Waals surface area contributed by atoms with Gasteiger partial charge in [-0.2, -0.15) is 5.10 Å². The summed E-state index contributed by atoms with van der Waals surface area (Å²) in [6.45, 7) is 3.38. The number of piperazine rings is 1.